The lowest BCUT2D eigenvalue weighted by Gasteiger charge is -2.24. The molecule has 2 aromatic carbocycles. The quantitative estimate of drug-likeness (QED) is 0.396. The van der Waals surface area contributed by atoms with Gasteiger partial charge in [-0.25, -0.2) is 8.78 Å². The van der Waals surface area contributed by atoms with Gasteiger partial charge in [0.2, 0.25) is 0 Å². The first-order valence-corrected chi connectivity index (χ1v) is 10.3. The lowest BCUT2D eigenvalue weighted by atomic mass is 10.1. The average molecular weight is 429 g/mol. The van der Waals surface area contributed by atoms with E-state index in [1.54, 1.807) is 30.8 Å². The van der Waals surface area contributed by atoms with Gasteiger partial charge in [-0.05, 0) is 42.3 Å². The highest BCUT2D eigenvalue weighted by atomic mass is 32.1. The molecule has 2 N–H and O–H groups in total. The fourth-order valence-corrected chi connectivity index (χ4v) is 4.06. The second-order valence-electron chi connectivity index (χ2n) is 7.46. The summed E-state index contributed by atoms with van der Waals surface area (Å²) in [4.78, 5) is 0. The van der Waals surface area contributed by atoms with E-state index in [4.69, 9.17) is 9.15 Å². The molecule has 2 heterocycles. The Morgan fingerprint density at radius 1 is 1.13 bits per heavy atom. The summed E-state index contributed by atoms with van der Waals surface area (Å²) in [6.45, 7) is 2.27. The molecule has 4 aromatic rings. The fourth-order valence-electron chi connectivity index (χ4n) is 3.15. The number of hydrogen-bond acceptors (Lipinski definition) is 5. The molecule has 0 fully saturated rings. The van der Waals surface area contributed by atoms with E-state index >= 15 is 0 Å². The molecular formula is C23H21F2NO3S. The van der Waals surface area contributed by atoms with Gasteiger partial charge in [0.05, 0.1) is 11.0 Å². The Morgan fingerprint density at radius 3 is 2.83 bits per heavy atom. The minimum Gasteiger partial charge on any atom is -0.491 e. The van der Waals surface area contributed by atoms with Gasteiger partial charge in [-0.3, -0.25) is 0 Å². The van der Waals surface area contributed by atoms with Gasteiger partial charge in [-0.15, -0.1) is 11.3 Å². The van der Waals surface area contributed by atoms with Crippen LogP contribution in [0.1, 0.15) is 12.5 Å². The number of furan rings is 1. The maximum atomic E-state index is 13.3. The first-order chi connectivity index (χ1) is 14.4. The van der Waals surface area contributed by atoms with Crippen molar-refractivity contribution in [1.29, 1.82) is 0 Å². The highest BCUT2D eigenvalue weighted by Gasteiger charge is 2.21. The molecule has 7 heteroatoms. The first-order valence-electron chi connectivity index (χ1n) is 9.45. The Hall–Kier alpha value is -2.74. The van der Waals surface area contributed by atoms with Crippen LogP contribution in [0.2, 0.25) is 0 Å². The van der Waals surface area contributed by atoms with Gasteiger partial charge in [-0.2, -0.15) is 0 Å². The van der Waals surface area contributed by atoms with Gasteiger partial charge in [0, 0.05) is 29.4 Å². The number of aliphatic hydroxyl groups is 1. The van der Waals surface area contributed by atoms with Crippen LogP contribution in [0.15, 0.2) is 64.8 Å². The number of rotatable bonds is 8. The molecule has 4 nitrogen and oxygen atoms in total. The number of benzene rings is 2. The lowest BCUT2D eigenvalue weighted by Crippen LogP contribution is -2.42. The highest BCUT2D eigenvalue weighted by Crippen LogP contribution is 2.35. The van der Waals surface area contributed by atoms with Crippen LogP contribution in [-0.2, 0) is 6.54 Å². The third kappa shape index (κ3) is 4.70. The molecule has 0 aliphatic carbocycles. The number of thiophene rings is 1. The minimum atomic E-state index is -1.14. The summed E-state index contributed by atoms with van der Waals surface area (Å²) in [6, 6.07) is 11.4. The van der Waals surface area contributed by atoms with Crippen molar-refractivity contribution in [3.63, 3.8) is 0 Å². The zero-order valence-corrected chi connectivity index (χ0v) is 17.1. The van der Waals surface area contributed by atoms with Gasteiger partial charge >= 0.3 is 0 Å². The van der Waals surface area contributed by atoms with E-state index in [0.717, 1.165) is 33.3 Å². The van der Waals surface area contributed by atoms with Crippen molar-refractivity contribution < 1.29 is 23.0 Å². The Bertz CT molecular complexity index is 1150. The van der Waals surface area contributed by atoms with E-state index in [0.29, 0.717) is 17.9 Å². The summed E-state index contributed by atoms with van der Waals surface area (Å²) in [5, 5.41) is 16.8. The van der Waals surface area contributed by atoms with Gasteiger partial charge < -0.3 is 19.6 Å². The summed E-state index contributed by atoms with van der Waals surface area (Å²) in [5.41, 5.74) is 1.54. The van der Waals surface area contributed by atoms with E-state index in [1.165, 1.54) is 6.07 Å². The Labute approximate surface area is 176 Å². The maximum absolute atomic E-state index is 13.3. The third-order valence-corrected chi connectivity index (χ3v) is 5.66. The zero-order chi connectivity index (χ0) is 21.1. The Kier molecular flexibility index (Phi) is 5.85. The molecule has 30 heavy (non-hydrogen) atoms. The standard InChI is InChI=1S/C23H21F2NO3S/c1-23(27,13-26-9-15-5-6-20(24)21(25)7-15)14-29-17-4-2-3-16(8-17)19-12-30-22-11-28-10-18(19)22/h2-8,10-12,26-27H,9,13-14H2,1H3/t23-/m0/s1. The smallest absolute Gasteiger partial charge is 0.159 e. The third-order valence-electron chi connectivity index (χ3n) is 4.73. The second kappa shape index (κ2) is 8.55. The topological polar surface area (TPSA) is 54.6 Å². The maximum Gasteiger partial charge on any atom is 0.159 e. The van der Waals surface area contributed by atoms with Crippen LogP contribution in [-0.4, -0.2) is 23.9 Å². The monoisotopic (exact) mass is 429 g/mol. The van der Waals surface area contributed by atoms with E-state index in [2.05, 4.69) is 10.7 Å². The molecule has 0 amide bonds. The van der Waals surface area contributed by atoms with E-state index in [-0.39, 0.29) is 13.2 Å². The SMILES string of the molecule is C[C@](O)(CNCc1ccc(F)c(F)c1)COc1cccc(-c2csc3cocc23)c1. The van der Waals surface area contributed by atoms with E-state index < -0.39 is 17.2 Å². The van der Waals surface area contributed by atoms with Crippen molar-refractivity contribution >= 4 is 21.4 Å². The molecular weight excluding hydrogens is 408 g/mol. The fraction of sp³-hybridized carbons (Fsp3) is 0.217. The zero-order valence-electron chi connectivity index (χ0n) is 16.3. The summed E-state index contributed by atoms with van der Waals surface area (Å²) in [6.07, 6.45) is 3.46. The van der Waals surface area contributed by atoms with Crippen LogP contribution in [0.3, 0.4) is 0 Å². The molecule has 0 bridgehead atoms. The lowest BCUT2D eigenvalue weighted by molar-refractivity contribution is 0.0121. The van der Waals surface area contributed by atoms with Gasteiger partial charge in [0.1, 0.15) is 24.2 Å². The largest absolute Gasteiger partial charge is 0.491 e. The second-order valence-corrected chi connectivity index (χ2v) is 8.38. The van der Waals surface area contributed by atoms with Gasteiger partial charge in [0.25, 0.3) is 0 Å². The van der Waals surface area contributed by atoms with Crippen molar-refractivity contribution in [2.45, 2.75) is 19.1 Å². The molecule has 0 saturated carbocycles. The van der Waals surface area contributed by atoms with Crippen LogP contribution >= 0.6 is 11.3 Å². The number of halogens is 2. The predicted molar refractivity (Wildman–Crippen MR) is 114 cm³/mol. The van der Waals surface area contributed by atoms with Crippen LogP contribution in [0.5, 0.6) is 5.75 Å². The summed E-state index contributed by atoms with van der Waals surface area (Å²) >= 11 is 1.62. The van der Waals surface area contributed by atoms with Crippen molar-refractivity contribution in [2.75, 3.05) is 13.2 Å². The Balaban J connectivity index is 1.34. The molecule has 1 atom stereocenters. The predicted octanol–water partition coefficient (Wildman–Crippen LogP) is 5.36. The van der Waals surface area contributed by atoms with Crippen molar-refractivity contribution in [3.8, 4) is 16.9 Å². The molecule has 0 aliphatic heterocycles. The first kappa shape index (κ1) is 20.5. The molecule has 4 rings (SSSR count). The van der Waals surface area contributed by atoms with Crippen molar-refractivity contribution in [3.05, 3.63) is 77.6 Å². The molecule has 0 unspecified atom stereocenters. The van der Waals surface area contributed by atoms with Gasteiger partial charge in [0.15, 0.2) is 11.6 Å². The van der Waals surface area contributed by atoms with Crippen molar-refractivity contribution in [2.24, 2.45) is 0 Å². The molecule has 0 saturated heterocycles. The summed E-state index contributed by atoms with van der Waals surface area (Å²) < 4.78 is 38.5. The summed E-state index contributed by atoms with van der Waals surface area (Å²) in [5.74, 6) is -1.11. The molecule has 156 valence electrons. The number of fused-ring (bicyclic) bond motifs is 1. The molecule has 0 spiro atoms. The number of nitrogens with one attached hydrogen (secondary N) is 1. The summed E-state index contributed by atoms with van der Waals surface area (Å²) in [7, 11) is 0. The number of ether oxygens (including phenoxy) is 1. The number of hydrogen-bond donors (Lipinski definition) is 2. The van der Waals surface area contributed by atoms with Crippen molar-refractivity contribution in [1.82, 2.24) is 5.32 Å². The Morgan fingerprint density at radius 2 is 2.00 bits per heavy atom. The van der Waals surface area contributed by atoms with Crippen LogP contribution in [0, 0.1) is 11.6 Å². The minimum absolute atomic E-state index is 0.0754. The van der Waals surface area contributed by atoms with Gasteiger partial charge in [-0.1, -0.05) is 18.2 Å². The van der Waals surface area contributed by atoms with Crippen LogP contribution in [0.25, 0.3) is 21.2 Å². The highest BCUT2D eigenvalue weighted by molar-refractivity contribution is 7.17. The normalized spacial score (nSPS) is 13.5. The molecule has 0 aliphatic rings. The van der Waals surface area contributed by atoms with E-state index in [9.17, 15) is 13.9 Å². The van der Waals surface area contributed by atoms with Crippen LogP contribution < -0.4 is 10.1 Å². The molecule has 0 radical (unpaired) electrons. The average Bonchev–Trinajstić information content (AvgIpc) is 3.33. The van der Waals surface area contributed by atoms with E-state index in [1.807, 2.05) is 24.3 Å². The molecule has 2 aromatic heterocycles. The van der Waals surface area contributed by atoms with Crippen LogP contribution in [0.4, 0.5) is 8.78 Å².